The van der Waals surface area contributed by atoms with Crippen molar-refractivity contribution in [3.8, 4) is 0 Å². The fourth-order valence-corrected chi connectivity index (χ4v) is 3.23. The molecule has 0 unspecified atom stereocenters. The number of nitrogens with zero attached hydrogens (tertiary/aromatic N) is 2. The normalized spacial score (nSPS) is 12.2. The first-order chi connectivity index (χ1) is 8.88. The van der Waals surface area contributed by atoms with E-state index in [2.05, 4.69) is 57.8 Å². The summed E-state index contributed by atoms with van der Waals surface area (Å²) in [6.45, 7) is 8.42. The average Bonchev–Trinajstić information content (AvgIpc) is 2.62. The van der Waals surface area contributed by atoms with Crippen molar-refractivity contribution in [3.63, 3.8) is 0 Å². The molecule has 0 saturated carbocycles. The summed E-state index contributed by atoms with van der Waals surface area (Å²) < 4.78 is 8.96. The van der Waals surface area contributed by atoms with E-state index < -0.39 is 8.07 Å². The summed E-state index contributed by atoms with van der Waals surface area (Å²) >= 11 is 2.29. The Hall–Kier alpha value is -0.603. The zero-order chi connectivity index (χ0) is 14.0. The van der Waals surface area contributed by atoms with Crippen LogP contribution in [0.1, 0.15) is 0 Å². The van der Waals surface area contributed by atoms with Crippen LogP contribution in [-0.4, -0.2) is 24.2 Å². The van der Waals surface area contributed by atoms with Crippen LogP contribution in [0.5, 0.6) is 0 Å². The molecule has 2 aromatic rings. The second-order valence-electron chi connectivity index (χ2n) is 5.88. The van der Waals surface area contributed by atoms with Crippen LogP contribution in [0.25, 0.3) is 11.0 Å². The van der Waals surface area contributed by atoms with Crippen molar-refractivity contribution >= 4 is 47.4 Å². The second kappa shape index (κ2) is 5.80. The Morgan fingerprint density at radius 1 is 1.42 bits per heavy atom. The number of hydrogen-bond acceptors (Lipinski definition) is 3. The molecule has 0 saturated heterocycles. The molecule has 2 rings (SSSR count). The molecule has 0 radical (unpaired) electrons. The Morgan fingerprint density at radius 3 is 2.84 bits per heavy atom. The van der Waals surface area contributed by atoms with Crippen molar-refractivity contribution in [2.75, 3.05) is 12.3 Å². The number of nitrogens with two attached hydrogens (primary N) is 1. The number of ether oxygens (including phenoxy) is 1. The van der Waals surface area contributed by atoms with E-state index >= 15 is 0 Å². The molecule has 0 fully saturated rings. The van der Waals surface area contributed by atoms with Crippen LogP contribution in [0, 0.1) is 3.70 Å². The van der Waals surface area contributed by atoms with Crippen molar-refractivity contribution in [2.45, 2.75) is 32.4 Å². The molecule has 19 heavy (non-hydrogen) atoms. The van der Waals surface area contributed by atoms with Crippen molar-refractivity contribution in [2.24, 2.45) is 0 Å². The molecule has 2 heterocycles. The third-order valence-corrected chi connectivity index (χ3v) is 5.59. The van der Waals surface area contributed by atoms with Crippen LogP contribution in [0.4, 0.5) is 5.69 Å². The van der Waals surface area contributed by atoms with Crippen molar-refractivity contribution in [1.29, 1.82) is 0 Å². The molecule has 0 aliphatic heterocycles. The highest BCUT2D eigenvalue weighted by atomic mass is 127. The van der Waals surface area contributed by atoms with Crippen LogP contribution in [-0.2, 0) is 11.5 Å². The largest absolute Gasteiger partial charge is 0.398 e. The van der Waals surface area contributed by atoms with Gasteiger partial charge in [0.1, 0.15) is 12.4 Å². The van der Waals surface area contributed by atoms with Gasteiger partial charge in [-0.25, -0.2) is 4.98 Å². The summed E-state index contributed by atoms with van der Waals surface area (Å²) in [6, 6.07) is 5.06. The third-order valence-electron chi connectivity index (χ3n) is 3.00. The zero-order valence-corrected chi connectivity index (χ0v) is 14.8. The number of pyridine rings is 1. The number of anilines is 1. The highest BCUT2D eigenvalue weighted by Crippen LogP contribution is 2.24. The first-order valence-corrected chi connectivity index (χ1v) is 11.1. The lowest BCUT2D eigenvalue weighted by Gasteiger charge is -2.16. The maximum absolute atomic E-state index is 5.96. The van der Waals surface area contributed by atoms with E-state index in [-0.39, 0.29) is 0 Å². The van der Waals surface area contributed by atoms with E-state index in [9.17, 15) is 0 Å². The van der Waals surface area contributed by atoms with Gasteiger partial charge in [0.05, 0.1) is 3.70 Å². The summed E-state index contributed by atoms with van der Waals surface area (Å²) in [6.07, 6.45) is 1.74. The van der Waals surface area contributed by atoms with Gasteiger partial charge in [0.25, 0.3) is 0 Å². The monoisotopic (exact) mass is 389 g/mol. The van der Waals surface area contributed by atoms with Gasteiger partial charge in [-0.2, -0.15) is 0 Å². The zero-order valence-electron chi connectivity index (χ0n) is 11.6. The molecule has 2 N–H and O–H groups in total. The number of rotatable bonds is 5. The van der Waals surface area contributed by atoms with E-state index in [0.29, 0.717) is 6.73 Å². The summed E-state index contributed by atoms with van der Waals surface area (Å²) in [5.41, 5.74) is 7.63. The Labute approximate surface area is 128 Å². The first-order valence-electron chi connectivity index (χ1n) is 6.35. The van der Waals surface area contributed by atoms with Crippen LogP contribution >= 0.6 is 22.6 Å². The smallest absolute Gasteiger partial charge is 0.144 e. The maximum atomic E-state index is 5.96. The van der Waals surface area contributed by atoms with Gasteiger partial charge >= 0.3 is 0 Å². The Kier molecular flexibility index (Phi) is 4.52. The molecule has 0 atom stereocenters. The van der Waals surface area contributed by atoms with Crippen LogP contribution < -0.4 is 5.73 Å². The van der Waals surface area contributed by atoms with Crippen LogP contribution in [0.2, 0.25) is 25.7 Å². The van der Waals surface area contributed by atoms with Crippen molar-refractivity contribution in [1.82, 2.24) is 9.55 Å². The molecule has 0 aliphatic rings. The van der Waals surface area contributed by atoms with E-state index in [0.717, 1.165) is 27.0 Å². The Morgan fingerprint density at radius 2 is 2.16 bits per heavy atom. The quantitative estimate of drug-likeness (QED) is 0.484. The molecule has 104 valence electrons. The fraction of sp³-hybridized carbons (Fsp3) is 0.462. The van der Waals surface area contributed by atoms with Crippen molar-refractivity contribution in [3.05, 3.63) is 22.0 Å². The number of nitrogen functional groups attached to an aromatic ring is 1. The van der Waals surface area contributed by atoms with Gasteiger partial charge in [0.15, 0.2) is 0 Å². The highest BCUT2D eigenvalue weighted by molar-refractivity contribution is 14.1. The van der Waals surface area contributed by atoms with E-state index in [1.54, 1.807) is 6.20 Å². The summed E-state index contributed by atoms with van der Waals surface area (Å²) in [7, 11) is -1.03. The minimum Gasteiger partial charge on any atom is -0.398 e. The lowest BCUT2D eigenvalue weighted by atomic mass is 10.3. The molecule has 4 nitrogen and oxygen atoms in total. The number of fused-ring (bicyclic) bond motifs is 1. The molecule has 2 aromatic heterocycles. The number of halogens is 1. The third kappa shape index (κ3) is 3.70. The van der Waals surface area contributed by atoms with E-state index in [4.69, 9.17) is 10.5 Å². The number of hydrogen-bond donors (Lipinski definition) is 1. The lowest BCUT2D eigenvalue weighted by Crippen LogP contribution is -2.22. The van der Waals surface area contributed by atoms with Gasteiger partial charge < -0.3 is 10.5 Å². The van der Waals surface area contributed by atoms with Crippen LogP contribution in [0.3, 0.4) is 0 Å². The standard InChI is InChI=1S/C13H20IN3OSi/c1-19(2,3)7-6-18-9-17-12(14)8-10-11(15)4-5-16-13(10)17/h4-5,8H,6-7,9H2,1-3H3,(H2,15,16). The molecule has 0 spiro atoms. The van der Waals surface area contributed by atoms with Crippen LogP contribution in [0.15, 0.2) is 18.3 Å². The SMILES string of the molecule is C[Si](C)(C)CCOCn1c(I)cc2c(N)ccnc21. The molecular formula is C13H20IN3OSi. The Balaban J connectivity index is 2.09. The van der Waals surface area contributed by atoms with Gasteiger partial charge in [0, 0.05) is 32.0 Å². The minimum atomic E-state index is -1.03. The predicted octanol–water partition coefficient (Wildman–Crippen LogP) is 3.54. The maximum Gasteiger partial charge on any atom is 0.144 e. The Bertz CT molecular complexity index is 577. The summed E-state index contributed by atoms with van der Waals surface area (Å²) in [5, 5.41) is 1.00. The van der Waals surface area contributed by atoms with Gasteiger partial charge in [-0.1, -0.05) is 19.6 Å². The molecule has 6 heteroatoms. The molecule has 0 bridgehead atoms. The second-order valence-corrected chi connectivity index (χ2v) is 12.6. The van der Waals surface area contributed by atoms with Gasteiger partial charge in [0.2, 0.25) is 0 Å². The predicted molar refractivity (Wildman–Crippen MR) is 91.0 cm³/mol. The van der Waals surface area contributed by atoms with Gasteiger partial charge in [-0.3, -0.25) is 4.57 Å². The lowest BCUT2D eigenvalue weighted by molar-refractivity contribution is 0.0883. The molecule has 0 amide bonds. The first kappa shape index (κ1) is 14.8. The molecule has 0 aliphatic carbocycles. The van der Waals surface area contributed by atoms with Gasteiger partial charge in [-0.05, 0) is 40.8 Å². The average molecular weight is 389 g/mol. The van der Waals surface area contributed by atoms with E-state index in [1.165, 1.54) is 6.04 Å². The molecular weight excluding hydrogens is 369 g/mol. The summed E-state index contributed by atoms with van der Waals surface area (Å²) in [5.74, 6) is 0. The van der Waals surface area contributed by atoms with Gasteiger partial charge in [-0.15, -0.1) is 0 Å². The van der Waals surface area contributed by atoms with Crippen molar-refractivity contribution < 1.29 is 4.74 Å². The van der Waals surface area contributed by atoms with E-state index in [1.807, 2.05) is 6.07 Å². The fourth-order valence-electron chi connectivity index (χ4n) is 1.79. The minimum absolute atomic E-state index is 0.544. The molecule has 0 aromatic carbocycles. The highest BCUT2D eigenvalue weighted by Gasteiger charge is 2.13. The topological polar surface area (TPSA) is 53.1 Å². The summed E-state index contributed by atoms with van der Waals surface area (Å²) in [4.78, 5) is 4.40. The number of aromatic nitrogens is 2.